The maximum Gasteiger partial charge on any atom is 0.191 e. The van der Waals surface area contributed by atoms with Gasteiger partial charge in [0.05, 0.1) is 6.10 Å². The number of hydrogen-bond acceptors (Lipinski definition) is 3. The summed E-state index contributed by atoms with van der Waals surface area (Å²) in [6, 6.07) is 8.74. The van der Waals surface area contributed by atoms with E-state index >= 15 is 0 Å². The number of likely N-dealkylation sites (N-methyl/N-ethyl adjacent to an activating group) is 1. The van der Waals surface area contributed by atoms with Gasteiger partial charge in [0.2, 0.25) is 0 Å². The molecular weight excluding hydrogens is 324 g/mol. The molecule has 1 aliphatic rings. The fourth-order valence-corrected chi connectivity index (χ4v) is 3.08. The lowest BCUT2D eigenvalue weighted by atomic mass is 9.89. The summed E-state index contributed by atoms with van der Waals surface area (Å²) in [5, 5.41) is 6.95. The second-order valence-corrected chi connectivity index (χ2v) is 8.12. The Kier molecular flexibility index (Phi) is 7.47. The van der Waals surface area contributed by atoms with Gasteiger partial charge in [0.25, 0.3) is 0 Å². The van der Waals surface area contributed by atoms with Gasteiger partial charge >= 0.3 is 0 Å². The third-order valence-electron chi connectivity index (χ3n) is 5.51. The molecule has 0 spiro atoms. The van der Waals surface area contributed by atoms with Crippen LogP contribution < -0.4 is 10.6 Å². The molecule has 0 bridgehead atoms. The standard InChI is InChI=1S/C21H36N4O/c1-16-9-11-17(12-10-16)19-18(8-7-13-26-19)14-23-20(22-4)24-15-21(2,3)25(5)6/h9-12,18-19H,7-8,13-15H2,1-6H3,(H2,22,23,24). The van der Waals surface area contributed by atoms with Crippen molar-refractivity contribution in [2.45, 2.75) is 45.3 Å². The van der Waals surface area contributed by atoms with Crippen LogP contribution in [0, 0.1) is 12.8 Å². The van der Waals surface area contributed by atoms with Crippen LogP contribution in [0.4, 0.5) is 0 Å². The fourth-order valence-electron chi connectivity index (χ4n) is 3.08. The van der Waals surface area contributed by atoms with Crippen LogP contribution >= 0.6 is 0 Å². The monoisotopic (exact) mass is 360 g/mol. The number of ether oxygens (including phenoxy) is 1. The van der Waals surface area contributed by atoms with Crippen LogP contribution in [0.3, 0.4) is 0 Å². The summed E-state index contributed by atoms with van der Waals surface area (Å²) in [5.74, 6) is 1.31. The van der Waals surface area contributed by atoms with Gasteiger partial charge in [-0.1, -0.05) is 29.8 Å². The molecule has 1 fully saturated rings. The lowest BCUT2D eigenvalue weighted by Gasteiger charge is -2.34. The Morgan fingerprint density at radius 2 is 1.92 bits per heavy atom. The molecule has 5 nitrogen and oxygen atoms in total. The highest BCUT2D eigenvalue weighted by molar-refractivity contribution is 5.79. The van der Waals surface area contributed by atoms with Crippen molar-refractivity contribution in [3.8, 4) is 0 Å². The molecule has 0 radical (unpaired) electrons. The second-order valence-electron chi connectivity index (χ2n) is 8.12. The molecule has 0 saturated carbocycles. The average molecular weight is 361 g/mol. The van der Waals surface area contributed by atoms with Gasteiger partial charge in [0.1, 0.15) is 0 Å². The molecular formula is C21H36N4O. The molecule has 1 aliphatic heterocycles. The predicted octanol–water partition coefficient (Wildman–Crippen LogP) is 2.97. The summed E-state index contributed by atoms with van der Waals surface area (Å²) in [5.41, 5.74) is 2.63. The zero-order chi connectivity index (χ0) is 19.2. The normalized spacial score (nSPS) is 21.7. The Bertz CT molecular complexity index is 580. The van der Waals surface area contributed by atoms with Crippen molar-refractivity contribution in [3.05, 3.63) is 35.4 Å². The van der Waals surface area contributed by atoms with Crippen molar-refractivity contribution in [1.82, 2.24) is 15.5 Å². The Labute approximate surface area is 159 Å². The molecule has 0 amide bonds. The highest BCUT2D eigenvalue weighted by Crippen LogP contribution is 2.33. The van der Waals surface area contributed by atoms with Gasteiger partial charge in [0, 0.05) is 38.2 Å². The summed E-state index contributed by atoms with van der Waals surface area (Å²) < 4.78 is 6.12. The van der Waals surface area contributed by atoms with E-state index in [1.807, 2.05) is 7.05 Å². The number of hydrogen-bond donors (Lipinski definition) is 2. The molecule has 2 atom stereocenters. The van der Waals surface area contributed by atoms with E-state index in [1.54, 1.807) is 0 Å². The molecule has 1 saturated heterocycles. The lowest BCUT2D eigenvalue weighted by Crippen LogP contribution is -2.51. The molecule has 2 unspecified atom stereocenters. The van der Waals surface area contributed by atoms with E-state index in [1.165, 1.54) is 17.5 Å². The third kappa shape index (κ3) is 5.71. The number of guanidine groups is 1. The van der Waals surface area contributed by atoms with Crippen LogP contribution in [0.5, 0.6) is 0 Å². The van der Waals surface area contributed by atoms with Gasteiger partial charge in [0.15, 0.2) is 5.96 Å². The van der Waals surface area contributed by atoms with E-state index < -0.39 is 0 Å². The molecule has 2 N–H and O–H groups in total. The molecule has 1 aromatic rings. The smallest absolute Gasteiger partial charge is 0.191 e. The number of nitrogens with zero attached hydrogens (tertiary/aromatic N) is 2. The van der Waals surface area contributed by atoms with Crippen molar-refractivity contribution < 1.29 is 4.74 Å². The zero-order valence-electron chi connectivity index (χ0n) is 17.3. The summed E-state index contributed by atoms with van der Waals surface area (Å²) in [7, 11) is 6.03. The molecule has 146 valence electrons. The van der Waals surface area contributed by atoms with E-state index in [0.29, 0.717) is 5.92 Å². The van der Waals surface area contributed by atoms with Crippen LogP contribution in [0.15, 0.2) is 29.3 Å². The van der Waals surface area contributed by atoms with Crippen molar-refractivity contribution >= 4 is 5.96 Å². The summed E-state index contributed by atoms with van der Waals surface area (Å²) >= 11 is 0. The number of aliphatic imine (C=N–C) groups is 1. The van der Waals surface area contributed by atoms with Gasteiger partial charge in [-0.05, 0) is 53.3 Å². The molecule has 2 rings (SSSR count). The first-order valence-electron chi connectivity index (χ1n) is 9.63. The van der Waals surface area contributed by atoms with Crippen molar-refractivity contribution in [3.63, 3.8) is 0 Å². The van der Waals surface area contributed by atoms with Crippen molar-refractivity contribution in [2.75, 3.05) is 40.8 Å². The summed E-state index contributed by atoms with van der Waals surface area (Å²) in [6.45, 7) is 9.10. The Morgan fingerprint density at radius 1 is 1.23 bits per heavy atom. The minimum atomic E-state index is 0.0655. The van der Waals surface area contributed by atoms with E-state index in [-0.39, 0.29) is 11.6 Å². The molecule has 0 aromatic heterocycles. The van der Waals surface area contributed by atoms with Gasteiger partial charge in [-0.2, -0.15) is 0 Å². The van der Waals surface area contributed by atoms with Gasteiger partial charge in [-0.25, -0.2) is 0 Å². The van der Waals surface area contributed by atoms with Crippen LogP contribution in [0.25, 0.3) is 0 Å². The Balaban J connectivity index is 1.93. The Morgan fingerprint density at radius 3 is 2.54 bits per heavy atom. The molecule has 5 heteroatoms. The predicted molar refractivity (Wildman–Crippen MR) is 110 cm³/mol. The average Bonchev–Trinajstić information content (AvgIpc) is 2.63. The quantitative estimate of drug-likeness (QED) is 0.605. The second kappa shape index (κ2) is 9.38. The number of rotatable bonds is 6. The molecule has 0 aliphatic carbocycles. The van der Waals surface area contributed by atoms with Gasteiger partial charge in [-0.15, -0.1) is 0 Å². The number of benzene rings is 1. The van der Waals surface area contributed by atoms with Gasteiger partial charge < -0.3 is 20.3 Å². The Hall–Kier alpha value is -1.59. The maximum absolute atomic E-state index is 6.12. The topological polar surface area (TPSA) is 48.9 Å². The molecule has 26 heavy (non-hydrogen) atoms. The zero-order valence-corrected chi connectivity index (χ0v) is 17.3. The lowest BCUT2D eigenvalue weighted by molar-refractivity contribution is -0.0265. The molecule has 1 heterocycles. The molecule has 1 aromatic carbocycles. The highest BCUT2D eigenvalue weighted by atomic mass is 16.5. The summed E-state index contributed by atoms with van der Waals surface area (Å²) in [6.07, 6.45) is 2.45. The SMILES string of the molecule is CN=C(NCC1CCCOC1c1ccc(C)cc1)NCC(C)(C)N(C)C. The number of nitrogens with one attached hydrogen (secondary N) is 2. The highest BCUT2D eigenvalue weighted by Gasteiger charge is 2.28. The van der Waals surface area contributed by atoms with Crippen LogP contribution in [0.2, 0.25) is 0 Å². The first-order chi connectivity index (χ1) is 12.3. The van der Waals surface area contributed by atoms with E-state index in [2.05, 4.69) is 79.7 Å². The van der Waals surface area contributed by atoms with E-state index in [4.69, 9.17) is 4.74 Å². The van der Waals surface area contributed by atoms with Crippen LogP contribution in [0.1, 0.15) is 43.9 Å². The maximum atomic E-state index is 6.12. The van der Waals surface area contributed by atoms with Crippen molar-refractivity contribution in [2.24, 2.45) is 10.9 Å². The fraction of sp³-hybridized carbons (Fsp3) is 0.667. The minimum Gasteiger partial charge on any atom is -0.373 e. The van der Waals surface area contributed by atoms with Crippen LogP contribution in [-0.4, -0.2) is 57.2 Å². The van der Waals surface area contributed by atoms with E-state index in [0.717, 1.165) is 32.1 Å². The minimum absolute atomic E-state index is 0.0655. The van der Waals surface area contributed by atoms with Crippen LogP contribution in [-0.2, 0) is 4.74 Å². The van der Waals surface area contributed by atoms with Gasteiger partial charge in [-0.3, -0.25) is 4.99 Å². The van der Waals surface area contributed by atoms with E-state index in [9.17, 15) is 0 Å². The third-order valence-corrected chi connectivity index (χ3v) is 5.51. The first kappa shape index (κ1) is 20.7. The largest absolute Gasteiger partial charge is 0.373 e. The van der Waals surface area contributed by atoms with Crippen molar-refractivity contribution in [1.29, 1.82) is 0 Å². The first-order valence-corrected chi connectivity index (χ1v) is 9.63. The summed E-state index contributed by atoms with van der Waals surface area (Å²) in [4.78, 5) is 6.60. The number of aryl methyl sites for hydroxylation is 1.